The largest absolute Gasteiger partial charge is 0.329 e. The fourth-order valence-corrected chi connectivity index (χ4v) is 3.32. The molecule has 8 heteroatoms. The van der Waals surface area contributed by atoms with Crippen LogP contribution in [0.2, 0.25) is 0 Å². The molecule has 0 atom stereocenters. The maximum atomic E-state index is 14.8. The van der Waals surface area contributed by atoms with Gasteiger partial charge in [0.25, 0.3) is 5.78 Å². The minimum absolute atomic E-state index is 0.00446. The first-order valence-corrected chi connectivity index (χ1v) is 9.40. The quantitative estimate of drug-likeness (QED) is 0.455. The fraction of sp³-hybridized carbons (Fsp3) is 0.227. The molecule has 0 unspecified atom stereocenters. The first-order valence-electron chi connectivity index (χ1n) is 9.40. The van der Waals surface area contributed by atoms with Gasteiger partial charge >= 0.3 is 0 Å². The molecule has 0 radical (unpaired) electrons. The molecule has 1 aliphatic rings. The van der Waals surface area contributed by atoms with Crippen molar-refractivity contribution in [2.45, 2.75) is 19.8 Å². The van der Waals surface area contributed by atoms with Crippen LogP contribution in [0.15, 0.2) is 36.7 Å². The SMILES string of the molecule is CN(c1cc(F)cc(C#CC2(C)CC2)c1)c1nc2nncn2c2ccc(F)c(F)c12. The zero-order valence-electron chi connectivity index (χ0n) is 16.2. The number of fused-ring (bicyclic) bond motifs is 3. The summed E-state index contributed by atoms with van der Waals surface area (Å²) in [4.78, 5) is 5.84. The fourth-order valence-electron chi connectivity index (χ4n) is 3.32. The van der Waals surface area contributed by atoms with Crippen LogP contribution in [-0.4, -0.2) is 26.6 Å². The number of halogens is 3. The maximum Gasteiger partial charge on any atom is 0.257 e. The van der Waals surface area contributed by atoms with Crippen molar-refractivity contribution in [2.75, 3.05) is 11.9 Å². The minimum Gasteiger partial charge on any atom is -0.329 e. The van der Waals surface area contributed by atoms with Gasteiger partial charge in [-0.25, -0.2) is 13.2 Å². The third-order valence-electron chi connectivity index (χ3n) is 5.39. The highest BCUT2D eigenvalue weighted by Gasteiger charge is 2.35. The van der Waals surface area contributed by atoms with Crippen LogP contribution in [0.3, 0.4) is 0 Å². The molecule has 1 aliphatic carbocycles. The maximum absolute atomic E-state index is 14.8. The van der Waals surface area contributed by atoms with E-state index in [-0.39, 0.29) is 22.4 Å². The van der Waals surface area contributed by atoms with Crippen molar-refractivity contribution in [1.82, 2.24) is 19.6 Å². The highest BCUT2D eigenvalue weighted by atomic mass is 19.2. The van der Waals surface area contributed by atoms with Crippen LogP contribution < -0.4 is 4.90 Å². The molecule has 2 aromatic heterocycles. The van der Waals surface area contributed by atoms with Gasteiger partial charge in [-0.3, -0.25) is 4.40 Å². The third-order valence-corrected chi connectivity index (χ3v) is 5.39. The highest BCUT2D eigenvalue weighted by molar-refractivity contribution is 5.94. The molecule has 4 aromatic rings. The Kier molecular flexibility index (Phi) is 3.97. The molecule has 0 amide bonds. The lowest BCUT2D eigenvalue weighted by Crippen LogP contribution is -2.14. The summed E-state index contributed by atoms with van der Waals surface area (Å²) in [5, 5.41) is 7.67. The second kappa shape index (κ2) is 6.46. The summed E-state index contributed by atoms with van der Waals surface area (Å²) < 4.78 is 44.6. The molecular weight excluding hydrogens is 391 g/mol. The summed E-state index contributed by atoms with van der Waals surface area (Å²) in [5.41, 5.74) is 1.25. The van der Waals surface area contributed by atoms with E-state index in [4.69, 9.17) is 0 Å². The molecule has 5 rings (SSSR count). The van der Waals surface area contributed by atoms with E-state index in [0.29, 0.717) is 16.8 Å². The van der Waals surface area contributed by atoms with Gasteiger partial charge in [0.2, 0.25) is 0 Å². The Labute approximate surface area is 170 Å². The van der Waals surface area contributed by atoms with Crippen molar-refractivity contribution in [2.24, 2.45) is 5.41 Å². The van der Waals surface area contributed by atoms with E-state index in [1.165, 1.54) is 33.8 Å². The van der Waals surface area contributed by atoms with Gasteiger partial charge in [0.15, 0.2) is 11.6 Å². The van der Waals surface area contributed by atoms with Crippen molar-refractivity contribution in [3.63, 3.8) is 0 Å². The standard InChI is InChI=1S/C22H16F3N5/c1-22(7-8-22)6-5-13-9-14(23)11-15(10-13)29(2)20-18-17(4-3-16(24)19(18)25)30-12-26-28-21(30)27-20/h3-4,9-12H,7-8H2,1-2H3. The van der Waals surface area contributed by atoms with E-state index in [2.05, 4.69) is 33.9 Å². The second-order valence-corrected chi connectivity index (χ2v) is 7.76. The number of benzene rings is 2. The van der Waals surface area contributed by atoms with Crippen LogP contribution in [0.1, 0.15) is 25.3 Å². The zero-order chi connectivity index (χ0) is 21.0. The van der Waals surface area contributed by atoms with E-state index in [1.807, 2.05) is 0 Å². The molecule has 2 aromatic carbocycles. The van der Waals surface area contributed by atoms with Crippen LogP contribution in [0.5, 0.6) is 0 Å². The van der Waals surface area contributed by atoms with E-state index in [1.54, 1.807) is 13.1 Å². The summed E-state index contributed by atoms with van der Waals surface area (Å²) in [5.74, 6) is 3.97. The summed E-state index contributed by atoms with van der Waals surface area (Å²) in [6.45, 7) is 2.06. The average Bonchev–Trinajstić information content (AvgIpc) is 3.27. The van der Waals surface area contributed by atoms with E-state index in [9.17, 15) is 13.2 Å². The molecule has 150 valence electrons. The van der Waals surface area contributed by atoms with Gasteiger partial charge in [-0.15, -0.1) is 10.2 Å². The Morgan fingerprint density at radius 1 is 1.13 bits per heavy atom. The number of anilines is 2. The number of rotatable bonds is 2. The van der Waals surface area contributed by atoms with Crippen LogP contribution >= 0.6 is 0 Å². The minimum atomic E-state index is -1.05. The number of hydrogen-bond donors (Lipinski definition) is 0. The molecule has 2 heterocycles. The molecule has 0 saturated heterocycles. The molecule has 0 spiro atoms. The molecule has 1 fully saturated rings. The van der Waals surface area contributed by atoms with Gasteiger partial charge in [-0.1, -0.05) is 11.8 Å². The Morgan fingerprint density at radius 2 is 1.93 bits per heavy atom. The van der Waals surface area contributed by atoms with E-state index < -0.39 is 17.5 Å². The third kappa shape index (κ3) is 3.03. The first-order chi connectivity index (χ1) is 14.3. The zero-order valence-corrected chi connectivity index (χ0v) is 16.2. The summed E-state index contributed by atoms with van der Waals surface area (Å²) in [6, 6.07) is 6.81. The van der Waals surface area contributed by atoms with Crippen LogP contribution in [0.4, 0.5) is 24.7 Å². The Bertz CT molecular complexity index is 1380. The van der Waals surface area contributed by atoms with Crippen LogP contribution in [0, 0.1) is 34.7 Å². The van der Waals surface area contributed by atoms with Crippen LogP contribution in [0.25, 0.3) is 16.7 Å². The van der Waals surface area contributed by atoms with Crippen molar-refractivity contribution >= 4 is 28.2 Å². The molecule has 1 saturated carbocycles. The van der Waals surface area contributed by atoms with Gasteiger partial charge < -0.3 is 4.90 Å². The summed E-state index contributed by atoms with van der Waals surface area (Å²) in [7, 11) is 1.60. The predicted octanol–water partition coefficient (Wildman–Crippen LogP) is 4.61. The van der Waals surface area contributed by atoms with Crippen molar-refractivity contribution in [1.29, 1.82) is 0 Å². The number of nitrogens with zero attached hydrogens (tertiary/aromatic N) is 5. The Morgan fingerprint density at radius 3 is 2.70 bits per heavy atom. The lowest BCUT2D eigenvalue weighted by molar-refractivity contribution is 0.516. The van der Waals surface area contributed by atoms with E-state index >= 15 is 0 Å². The highest BCUT2D eigenvalue weighted by Crippen LogP contribution is 2.44. The van der Waals surface area contributed by atoms with Gasteiger partial charge in [-0.2, -0.15) is 4.98 Å². The second-order valence-electron chi connectivity index (χ2n) is 7.76. The van der Waals surface area contributed by atoms with Crippen LogP contribution in [-0.2, 0) is 0 Å². The number of aromatic nitrogens is 4. The molecule has 0 bridgehead atoms. The topological polar surface area (TPSA) is 46.3 Å². The molecular formula is C22H16F3N5. The van der Waals surface area contributed by atoms with Gasteiger partial charge in [0.1, 0.15) is 18.0 Å². The molecule has 0 aliphatic heterocycles. The Hall–Kier alpha value is -3.60. The smallest absolute Gasteiger partial charge is 0.257 e. The molecule has 5 nitrogen and oxygen atoms in total. The lowest BCUT2D eigenvalue weighted by Gasteiger charge is -2.21. The van der Waals surface area contributed by atoms with Gasteiger partial charge in [-0.05, 0) is 50.1 Å². The first kappa shape index (κ1) is 18.4. The molecule has 30 heavy (non-hydrogen) atoms. The summed E-state index contributed by atoms with van der Waals surface area (Å²) >= 11 is 0. The predicted molar refractivity (Wildman–Crippen MR) is 107 cm³/mol. The monoisotopic (exact) mass is 407 g/mol. The molecule has 0 N–H and O–H groups in total. The van der Waals surface area contributed by atoms with Gasteiger partial charge in [0, 0.05) is 23.7 Å². The van der Waals surface area contributed by atoms with Crippen molar-refractivity contribution in [3.05, 3.63) is 59.7 Å². The normalized spacial score (nSPS) is 14.6. The summed E-state index contributed by atoms with van der Waals surface area (Å²) in [6.07, 6.45) is 3.43. The number of hydrogen-bond acceptors (Lipinski definition) is 4. The van der Waals surface area contributed by atoms with E-state index in [0.717, 1.165) is 18.9 Å². The Balaban J connectivity index is 1.69. The lowest BCUT2D eigenvalue weighted by atomic mass is 10.1. The van der Waals surface area contributed by atoms with Crippen molar-refractivity contribution < 1.29 is 13.2 Å². The van der Waals surface area contributed by atoms with Gasteiger partial charge in [0.05, 0.1) is 10.9 Å². The van der Waals surface area contributed by atoms with Crippen molar-refractivity contribution in [3.8, 4) is 11.8 Å². The average molecular weight is 407 g/mol.